The molecule has 1 aromatic carbocycles. The first-order valence-electron chi connectivity index (χ1n) is 8.47. The lowest BCUT2D eigenvalue weighted by molar-refractivity contribution is -0.384. The first kappa shape index (κ1) is 18.0. The van der Waals surface area contributed by atoms with Crippen molar-refractivity contribution in [3.63, 3.8) is 0 Å². The topological polar surface area (TPSA) is 102 Å². The standard InChI is InChI=1S/C18H20N4O4/c1-25-8-9-26-15-4-6-21(7-5-15)18-10-13(12-19)16-11-14(22(23)24)2-3-17(16)20-18/h2-3,10-11,15H,4-9H2,1H3. The maximum absolute atomic E-state index is 11.0. The fourth-order valence-electron chi connectivity index (χ4n) is 3.12. The predicted molar refractivity (Wildman–Crippen MR) is 96.2 cm³/mol. The molecule has 0 unspecified atom stereocenters. The van der Waals surface area contributed by atoms with Crippen LogP contribution in [0.2, 0.25) is 0 Å². The Bertz CT molecular complexity index is 841. The zero-order valence-electron chi connectivity index (χ0n) is 14.6. The van der Waals surface area contributed by atoms with Crippen molar-refractivity contribution in [2.24, 2.45) is 0 Å². The SMILES string of the molecule is COCCOC1CCN(c2cc(C#N)c3cc([N+](=O)[O-])ccc3n2)CC1. The van der Waals surface area contributed by atoms with E-state index < -0.39 is 4.92 Å². The molecule has 1 aliphatic heterocycles. The number of aromatic nitrogens is 1. The first-order valence-corrected chi connectivity index (χ1v) is 8.47. The molecule has 26 heavy (non-hydrogen) atoms. The molecule has 0 atom stereocenters. The molecule has 136 valence electrons. The van der Waals surface area contributed by atoms with Crippen molar-refractivity contribution >= 4 is 22.4 Å². The van der Waals surface area contributed by atoms with Crippen LogP contribution in [0.4, 0.5) is 11.5 Å². The summed E-state index contributed by atoms with van der Waals surface area (Å²) in [7, 11) is 1.65. The number of ether oxygens (including phenoxy) is 2. The molecule has 1 aliphatic rings. The van der Waals surface area contributed by atoms with Crippen LogP contribution in [0.25, 0.3) is 10.9 Å². The quantitative estimate of drug-likeness (QED) is 0.445. The molecule has 3 rings (SSSR count). The summed E-state index contributed by atoms with van der Waals surface area (Å²) in [5.41, 5.74) is 0.938. The van der Waals surface area contributed by atoms with E-state index in [1.165, 1.54) is 12.1 Å². The Morgan fingerprint density at radius 1 is 1.35 bits per heavy atom. The predicted octanol–water partition coefficient (Wildman–Crippen LogP) is 2.65. The van der Waals surface area contributed by atoms with Crippen LogP contribution in [0.15, 0.2) is 24.3 Å². The van der Waals surface area contributed by atoms with Gasteiger partial charge >= 0.3 is 0 Å². The number of pyridine rings is 1. The van der Waals surface area contributed by atoms with Crippen molar-refractivity contribution in [2.75, 3.05) is 38.3 Å². The largest absolute Gasteiger partial charge is 0.382 e. The Hall–Kier alpha value is -2.76. The Labute approximate surface area is 151 Å². The molecule has 8 heteroatoms. The molecule has 2 aromatic rings. The maximum atomic E-state index is 11.0. The van der Waals surface area contributed by atoms with Crippen LogP contribution in [-0.4, -0.2) is 49.4 Å². The van der Waals surface area contributed by atoms with Gasteiger partial charge in [0.2, 0.25) is 0 Å². The smallest absolute Gasteiger partial charge is 0.270 e. The van der Waals surface area contributed by atoms with Crippen molar-refractivity contribution in [3.05, 3.63) is 39.9 Å². The molecule has 2 heterocycles. The highest BCUT2D eigenvalue weighted by Gasteiger charge is 2.22. The van der Waals surface area contributed by atoms with E-state index in [0.717, 1.165) is 31.7 Å². The number of rotatable bonds is 6. The Kier molecular flexibility index (Phi) is 5.61. The Morgan fingerprint density at radius 3 is 2.77 bits per heavy atom. The summed E-state index contributed by atoms with van der Waals surface area (Å²) in [6.07, 6.45) is 1.97. The lowest BCUT2D eigenvalue weighted by Gasteiger charge is -2.33. The number of nitro benzene ring substituents is 1. The lowest BCUT2D eigenvalue weighted by Crippen LogP contribution is -2.37. The summed E-state index contributed by atoms with van der Waals surface area (Å²) in [5, 5.41) is 20.9. The van der Waals surface area contributed by atoms with Gasteiger partial charge in [0.1, 0.15) is 5.82 Å². The number of non-ortho nitro benzene ring substituents is 1. The third-order valence-corrected chi connectivity index (χ3v) is 4.52. The number of hydrogen-bond acceptors (Lipinski definition) is 7. The van der Waals surface area contributed by atoms with Crippen molar-refractivity contribution in [1.29, 1.82) is 5.26 Å². The van der Waals surface area contributed by atoms with E-state index in [1.54, 1.807) is 19.2 Å². The molecule has 1 saturated heterocycles. The number of anilines is 1. The molecule has 1 fully saturated rings. The van der Waals surface area contributed by atoms with Crippen LogP contribution >= 0.6 is 0 Å². The van der Waals surface area contributed by atoms with E-state index in [-0.39, 0.29) is 11.8 Å². The highest BCUT2D eigenvalue weighted by Crippen LogP contribution is 2.28. The van der Waals surface area contributed by atoms with Gasteiger partial charge in [0.15, 0.2) is 0 Å². The summed E-state index contributed by atoms with van der Waals surface area (Å²) in [5.74, 6) is 0.721. The number of nitro groups is 1. The minimum absolute atomic E-state index is 0.0439. The molecule has 0 radical (unpaired) electrons. The summed E-state index contributed by atoms with van der Waals surface area (Å²) in [6.45, 7) is 2.75. The number of piperidine rings is 1. The van der Waals surface area contributed by atoms with Gasteiger partial charge in [-0.2, -0.15) is 5.26 Å². The van der Waals surface area contributed by atoms with Crippen molar-refractivity contribution in [1.82, 2.24) is 4.98 Å². The summed E-state index contributed by atoms with van der Waals surface area (Å²) < 4.78 is 10.8. The van der Waals surface area contributed by atoms with E-state index in [4.69, 9.17) is 9.47 Å². The number of methoxy groups -OCH3 is 1. The molecule has 0 saturated carbocycles. The van der Waals surface area contributed by atoms with Crippen molar-refractivity contribution in [3.8, 4) is 6.07 Å². The molecule has 0 aliphatic carbocycles. The fraction of sp³-hybridized carbons (Fsp3) is 0.444. The van der Waals surface area contributed by atoms with Crippen molar-refractivity contribution < 1.29 is 14.4 Å². The Balaban J connectivity index is 1.78. The van der Waals surface area contributed by atoms with Gasteiger partial charge in [-0.1, -0.05) is 0 Å². The summed E-state index contributed by atoms with van der Waals surface area (Å²) >= 11 is 0. The highest BCUT2D eigenvalue weighted by atomic mass is 16.6. The molecular formula is C18H20N4O4. The monoisotopic (exact) mass is 356 g/mol. The number of benzene rings is 1. The summed E-state index contributed by atoms with van der Waals surface area (Å²) in [4.78, 5) is 17.2. The van der Waals surface area contributed by atoms with E-state index >= 15 is 0 Å². The third-order valence-electron chi connectivity index (χ3n) is 4.52. The van der Waals surface area contributed by atoms with Gasteiger partial charge in [0.25, 0.3) is 5.69 Å². The summed E-state index contributed by atoms with van der Waals surface area (Å²) in [6, 6.07) is 8.25. The van der Waals surface area contributed by atoms with Crippen LogP contribution in [0, 0.1) is 21.4 Å². The van der Waals surface area contributed by atoms with Crippen molar-refractivity contribution in [2.45, 2.75) is 18.9 Å². The third kappa shape index (κ3) is 3.90. The fourth-order valence-corrected chi connectivity index (χ4v) is 3.12. The van der Waals surface area contributed by atoms with Gasteiger partial charge in [-0.15, -0.1) is 0 Å². The molecule has 0 amide bonds. The molecule has 0 spiro atoms. The highest BCUT2D eigenvalue weighted by molar-refractivity contribution is 5.88. The lowest BCUT2D eigenvalue weighted by atomic mass is 10.1. The van der Waals surface area contributed by atoms with Crippen LogP contribution in [-0.2, 0) is 9.47 Å². The van der Waals surface area contributed by atoms with E-state index in [1.807, 2.05) is 0 Å². The number of nitriles is 1. The van der Waals surface area contributed by atoms with Gasteiger partial charge in [-0.25, -0.2) is 4.98 Å². The second kappa shape index (κ2) is 8.08. The van der Waals surface area contributed by atoms with Gasteiger partial charge < -0.3 is 14.4 Å². The van der Waals surface area contributed by atoms with Gasteiger partial charge in [-0.3, -0.25) is 10.1 Å². The minimum atomic E-state index is -0.469. The average molecular weight is 356 g/mol. The van der Waals surface area contributed by atoms with E-state index in [9.17, 15) is 15.4 Å². The van der Waals surface area contributed by atoms with E-state index in [2.05, 4.69) is 16.0 Å². The van der Waals surface area contributed by atoms with Crippen LogP contribution in [0.5, 0.6) is 0 Å². The van der Waals surface area contributed by atoms with Gasteiger partial charge in [0, 0.05) is 37.7 Å². The Morgan fingerprint density at radius 2 is 2.12 bits per heavy atom. The zero-order chi connectivity index (χ0) is 18.5. The second-order valence-corrected chi connectivity index (χ2v) is 6.15. The number of hydrogen-bond donors (Lipinski definition) is 0. The first-order chi connectivity index (χ1) is 12.6. The zero-order valence-corrected chi connectivity index (χ0v) is 14.6. The van der Waals surface area contributed by atoms with E-state index in [0.29, 0.717) is 29.7 Å². The van der Waals surface area contributed by atoms with Crippen LogP contribution < -0.4 is 4.90 Å². The van der Waals surface area contributed by atoms with Crippen LogP contribution in [0.1, 0.15) is 18.4 Å². The molecule has 0 bridgehead atoms. The average Bonchev–Trinajstić information content (AvgIpc) is 2.67. The molecular weight excluding hydrogens is 336 g/mol. The number of fused-ring (bicyclic) bond motifs is 1. The van der Waals surface area contributed by atoms with Gasteiger partial charge in [-0.05, 0) is 25.0 Å². The molecule has 1 aromatic heterocycles. The number of nitrogens with zero attached hydrogens (tertiary/aromatic N) is 4. The molecule has 8 nitrogen and oxygen atoms in total. The van der Waals surface area contributed by atoms with Gasteiger partial charge in [0.05, 0.1) is 41.4 Å². The minimum Gasteiger partial charge on any atom is -0.382 e. The van der Waals surface area contributed by atoms with Crippen LogP contribution in [0.3, 0.4) is 0 Å². The normalized spacial score (nSPS) is 15.2. The molecule has 0 N–H and O–H groups in total. The maximum Gasteiger partial charge on any atom is 0.270 e. The second-order valence-electron chi connectivity index (χ2n) is 6.15.